The van der Waals surface area contributed by atoms with E-state index >= 15 is 0 Å². The van der Waals surface area contributed by atoms with Gasteiger partial charge in [-0.25, -0.2) is 4.79 Å². The minimum atomic E-state index is -3.45. The van der Waals surface area contributed by atoms with Gasteiger partial charge in [0.25, 0.3) is 5.91 Å². The largest absolute Gasteiger partial charge is 0.516 e. The smallest absolute Gasteiger partial charge is 0.345 e. The number of thiophene rings is 1. The van der Waals surface area contributed by atoms with Crippen LogP contribution in [-0.4, -0.2) is 39.5 Å². The third kappa shape index (κ3) is 6.42. The number of carboxylic acid groups (broad SMARTS) is 1. The summed E-state index contributed by atoms with van der Waals surface area (Å²) in [5.41, 5.74) is 1.60. The van der Waals surface area contributed by atoms with E-state index in [0.29, 0.717) is 36.1 Å². The van der Waals surface area contributed by atoms with Crippen molar-refractivity contribution in [3.8, 4) is 11.8 Å². The fourth-order valence-corrected chi connectivity index (χ4v) is 4.48. The van der Waals surface area contributed by atoms with Gasteiger partial charge in [-0.2, -0.15) is 8.78 Å². The van der Waals surface area contributed by atoms with Crippen molar-refractivity contribution >= 4 is 23.2 Å². The topological polar surface area (TPSA) is 77.8 Å². The quantitative estimate of drug-likeness (QED) is 0.357. The minimum Gasteiger partial charge on any atom is -0.516 e. The molecule has 1 aromatic heterocycles. The predicted molar refractivity (Wildman–Crippen MR) is 121 cm³/mol. The molecule has 0 aromatic carbocycles. The van der Waals surface area contributed by atoms with Crippen LogP contribution in [0.5, 0.6) is 0 Å². The second-order valence-electron chi connectivity index (χ2n) is 7.93. The Kier molecular flexibility index (Phi) is 9.02. The van der Waals surface area contributed by atoms with Crippen LogP contribution in [0.15, 0.2) is 35.2 Å². The molecule has 0 saturated carbocycles. The van der Waals surface area contributed by atoms with E-state index in [0.717, 1.165) is 33.8 Å². The monoisotopic (exact) mass is 465 g/mol. The number of likely N-dealkylation sites (tertiary alicyclic amines) is 1. The molecule has 2 rings (SSSR count). The molecule has 174 valence electrons. The van der Waals surface area contributed by atoms with Crippen LogP contribution in [0.4, 0.5) is 8.78 Å². The van der Waals surface area contributed by atoms with Crippen molar-refractivity contribution in [1.82, 2.24) is 4.90 Å². The highest BCUT2D eigenvalue weighted by atomic mass is 32.1. The molecule has 1 aliphatic rings. The number of alkyl halides is 2. The Labute approximate surface area is 191 Å². The first-order valence-corrected chi connectivity index (χ1v) is 11.4. The van der Waals surface area contributed by atoms with Crippen LogP contribution < -0.4 is 0 Å². The number of nitrogens with zero attached hydrogens (tertiary/aromatic N) is 1. The second kappa shape index (κ2) is 11.3. The first-order valence-electron chi connectivity index (χ1n) is 10.6. The Balaban J connectivity index is 2.12. The molecule has 0 spiro atoms. The lowest BCUT2D eigenvalue weighted by Crippen LogP contribution is -2.33. The van der Waals surface area contributed by atoms with Gasteiger partial charge in [0.2, 0.25) is 0 Å². The van der Waals surface area contributed by atoms with E-state index < -0.39 is 24.2 Å². The molecule has 1 atom stereocenters. The van der Waals surface area contributed by atoms with Crippen LogP contribution in [-0.2, 0) is 11.2 Å². The van der Waals surface area contributed by atoms with E-state index in [1.54, 1.807) is 13.0 Å². The van der Waals surface area contributed by atoms with Crippen molar-refractivity contribution in [2.45, 2.75) is 65.2 Å². The number of aliphatic hydroxyl groups is 1. The van der Waals surface area contributed by atoms with Crippen molar-refractivity contribution in [1.29, 1.82) is 0 Å². The van der Waals surface area contributed by atoms with Gasteiger partial charge in [0.15, 0.2) is 0 Å². The van der Waals surface area contributed by atoms with E-state index in [1.807, 2.05) is 13.8 Å². The van der Waals surface area contributed by atoms with Crippen LogP contribution in [0.1, 0.15) is 67.4 Å². The van der Waals surface area contributed by atoms with Crippen LogP contribution in [0.3, 0.4) is 0 Å². The van der Waals surface area contributed by atoms with Gasteiger partial charge in [0.1, 0.15) is 4.88 Å². The molecule has 0 bridgehead atoms. The summed E-state index contributed by atoms with van der Waals surface area (Å²) in [7, 11) is 0. The van der Waals surface area contributed by atoms with E-state index in [1.165, 1.54) is 6.07 Å². The van der Waals surface area contributed by atoms with Crippen LogP contribution in [0.25, 0.3) is 0 Å². The van der Waals surface area contributed by atoms with Gasteiger partial charge in [-0.1, -0.05) is 13.8 Å². The highest BCUT2D eigenvalue weighted by Gasteiger charge is 2.51. The summed E-state index contributed by atoms with van der Waals surface area (Å²) in [5.74, 6) is 0.320. The summed E-state index contributed by atoms with van der Waals surface area (Å²) in [6.45, 7) is 5.70. The number of aromatic carboxylic acids is 1. The standard InChI is InChI=1S/C24H29F2NO4S/c1-4-5-6-8-16(2)18(15-28)13-17(3)20-14-24(25,26)23(31)27(20)12-7-9-19-10-11-21(32-19)22(29)30/h10-11,15-16,28H,4,7-9,12-14H2,1-3H3,(H,29,30)/b18-15+,20-17+. The van der Waals surface area contributed by atoms with Gasteiger partial charge in [0, 0.05) is 30.0 Å². The number of amides is 1. The van der Waals surface area contributed by atoms with Crippen molar-refractivity contribution < 1.29 is 28.6 Å². The van der Waals surface area contributed by atoms with Crippen LogP contribution >= 0.6 is 11.3 Å². The fourth-order valence-electron chi connectivity index (χ4n) is 3.59. The molecule has 0 radical (unpaired) electrons. The average molecular weight is 466 g/mol. The number of allylic oxidation sites excluding steroid dienone is 3. The van der Waals surface area contributed by atoms with Gasteiger partial charge in [-0.05, 0) is 55.4 Å². The first-order chi connectivity index (χ1) is 15.1. The van der Waals surface area contributed by atoms with Gasteiger partial charge in [-0.15, -0.1) is 23.2 Å². The van der Waals surface area contributed by atoms with Gasteiger partial charge in [-0.3, -0.25) is 4.79 Å². The molecule has 5 nitrogen and oxygen atoms in total. The summed E-state index contributed by atoms with van der Waals surface area (Å²) < 4.78 is 28.5. The zero-order valence-electron chi connectivity index (χ0n) is 18.6. The predicted octanol–water partition coefficient (Wildman–Crippen LogP) is 5.79. The van der Waals surface area contributed by atoms with Crippen molar-refractivity contribution in [3.63, 3.8) is 0 Å². The van der Waals surface area contributed by atoms with Gasteiger partial charge < -0.3 is 15.1 Å². The third-order valence-corrected chi connectivity index (χ3v) is 6.55. The second-order valence-corrected chi connectivity index (χ2v) is 9.10. The van der Waals surface area contributed by atoms with E-state index in [4.69, 9.17) is 5.11 Å². The summed E-state index contributed by atoms with van der Waals surface area (Å²) in [6.07, 6.45) is 2.87. The maximum absolute atomic E-state index is 14.3. The molecule has 1 unspecified atom stereocenters. The van der Waals surface area contributed by atoms with E-state index in [-0.39, 0.29) is 23.8 Å². The number of halogens is 2. The molecule has 0 aliphatic carbocycles. The van der Waals surface area contributed by atoms with Crippen molar-refractivity contribution in [3.05, 3.63) is 45.0 Å². The molecular weight excluding hydrogens is 436 g/mol. The summed E-state index contributed by atoms with van der Waals surface area (Å²) in [6, 6.07) is 3.22. The van der Waals surface area contributed by atoms with Crippen LogP contribution in [0.2, 0.25) is 0 Å². The number of carboxylic acids is 1. The Bertz CT molecular complexity index is 968. The summed E-state index contributed by atoms with van der Waals surface area (Å²) in [4.78, 5) is 25.5. The highest BCUT2D eigenvalue weighted by Crippen LogP contribution is 2.39. The zero-order chi connectivity index (χ0) is 23.9. The number of aliphatic hydroxyl groups excluding tert-OH is 1. The fraction of sp³-hybridized carbons (Fsp3) is 0.500. The number of carbonyl (C=O) groups is 2. The number of aryl methyl sites for hydroxylation is 1. The Hall–Kier alpha value is -2.66. The van der Waals surface area contributed by atoms with Gasteiger partial charge in [0.05, 0.1) is 12.7 Å². The molecule has 1 fully saturated rings. The lowest BCUT2D eigenvalue weighted by molar-refractivity contribution is -0.147. The molecule has 1 amide bonds. The number of rotatable bonds is 9. The molecule has 1 aromatic rings. The third-order valence-electron chi connectivity index (χ3n) is 5.42. The minimum absolute atomic E-state index is 0.0390. The average Bonchev–Trinajstić information content (AvgIpc) is 3.30. The Morgan fingerprint density at radius 1 is 1.38 bits per heavy atom. The van der Waals surface area contributed by atoms with E-state index in [9.17, 15) is 23.5 Å². The number of hydrogen-bond donors (Lipinski definition) is 2. The number of hydrogen-bond acceptors (Lipinski definition) is 4. The van der Waals surface area contributed by atoms with Crippen molar-refractivity contribution in [2.24, 2.45) is 5.92 Å². The number of carbonyl (C=O) groups excluding carboxylic acids is 1. The highest BCUT2D eigenvalue weighted by molar-refractivity contribution is 7.13. The lowest BCUT2D eigenvalue weighted by Gasteiger charge is -2.21. The van der Waals surface area contributed by atoms with Gasteiger partial charge >= 0.3 is 11.9 Å². The zero-order valence-corrected chi connectivity index (χ0v) is 19.4. The first kappa shape index (κ1) is 25.6. The molecule has 2 heterocycles. The molecule has 1 aliphatic heterocycles. The lowest BCUT2D eigenvalue weighted by atomic mass is 9.92. The SMILES string of the molecule is CCC#CCC(C)/C(=C/O)C/C(C)=C1\CC(F)(F)C(=O)N1CCCc1ccc(C(=O)O)s1. The maximum atomic E-state index is 14.3. The Morgan fingerprint density at radius 3 is 2.69 bits per heavy atom. The molecule has 8 heteroatoms. The van der Waals surface area contributed by atoms with E-state index in [2.05, 4.69) is 11.8 Å². The molecule has 32 heavy (non-hydrogen) atoms. The normalized spacial score (nSPS) is 18.3. The molecule has 2 N–H and O–H groups in total. The van der Waals surface area contributed by atoms with Crippen LogP contribution in [0, 0.1) is 17.8 Å². The van der Waals surface area contributed by atoms with Crippen molar-refractivity contribution in [2.75, 3.05) is 6.54 Å². The summed E-state index contributed by atoms with van der Waals surface area (Å²) in [5, 5.41) is 18.7. The Morgan fingerprint density at radius 2 is 2.09 bits per heavy atom. The molecule has 1 saturated heterocycles. The maximum Gasteiger partial charge on any atom is 0.345 e. The summed E-state index contributed by atoms with van der Waals surface area (Å²) >= 11 is 1.14. The molecular formula is C24H29F2NO4S.